The molecule has 1 fully saturated rings. The molecule has 1 saturated carbocycles. The van der Waals surface area contributed by atoms with Gasteiger partial charge in [0.1, 0.15) is 17.2 Å². The summed E-state index contributed by atoms with van der Waals surface area (Å²) in [5, 5.41) is 0. The van der Waals surface area contributed by atoms with Crippen LogP contribution in [0.4, 0.5) is 4.39 Å². The molecule has 0 aromatic heterocycles. The fourth-order valence-corrected chi connectivity index (χ4v) is 3.65. The van der Waals surface area contributed by atoms with Crippen LogP contribution in [0, 0.1) is 11.7 Å². The number of hydrogen-bond donors (Lipinski definition) is 0. The number of ether oxygens (including phenoxy) is 1. The summed E-state index contributed by atoms with van der Waals surface area (Å²) in [5.74, 6) is 0.960. The maximum atomic E-state index is 13.3. The SMILES string of the molecule is CCCC1CCC2(CC1)CC(=O)c1ccc(F)cc1O2. The zero-order chi connectivity index (χ0) is 14.2. The van der Waals surface area contributed by atoms with Crippen molar-refractivity contribution in [1.82, 2.24) is 0 Å². The molecule has 0 saturated heterocycles. The Bertz CT molecular complexity index is 516. The first-order chi connectivity index (χ1) is 9.62. The highest BCUT2D eigenvalue weighted by atomic mass is 19.1. The Labute approximate surface area is 119 Å². The Kier molecular flexibility index (Phi) is 3.53. The molecule has 1 heterocycles. The van der Waals surface area contributed by atoms with Gasteiger partial charge in [-0.3, -0.25) is 4.79 Å². The quantitative estimate of drug-likeness (QED) is 0.793. The maximum absolute atomic E-state index is 13.3. The molecule has 1 aliphatic heterocycles. The number of Topliss-reactive ketones (excluding diaryl/α,β-unsaturated/α-hetero) is 1. The molecule has 3 rings (SSSR count). The average Bonchev–Trinajstić information content (AvgIpc) is 2.41. The van der Waals surface area contributed by atoms with E-state index in [2.05, 4.69) is 6.92 Å². The van der Waals surface area contributed by atoms with E-state index in [0.717, 1.165) is 31.6 Å². The van der Waals surface area contributed by atoms with Crippen molar-refractivity contribution in [2.24, 2.45) is 5.92 Å². The molecule has 1 spiro atoms. The van der Waals surface area contributed by atoms with Gasteiger partial charge in [-0.25, -0.2) is 4.39 Å². The van der Waals surface area contributed by atoms with Crippen LogP contribution in [0.25, 0.3) is 0 Å². The van der Waals surface area contributed by atoms with Gasteiger partial charge in [0.25, 0.3) is 0 Å². The van der Waals surface area contributed by atoms with E-state index >= 15 is 0 Å². The van der Waals surface area contributed by atoms with Crippen LogP contribution in [0.2, 0.25) is 0 Å². The van der Waals surface area contributed by atoms with Crippen LogP contribution in [0.15, 0.2) is 18.2 Å². The summed E-state index contributed by atoms with van der Waals surface area (Å²) in [6.45, 7) is 2.21. The smallest absolute Gasteiger partial charge is 0.170 e. The topological polar surface area (TPSA) is 26.3 Å². The lowest BCUT2D eigenvalue weighted by molar-refractivity contribution is 0.000929. The van der Waals surface area contributed by atoms with Gasteiger partial charge in [0.05, 0.1) is 12.0 Å². The van der Waals surface area contributed by atoms with Crippen LogP contribution >= 0.6 is 0 Å². The summed E-state index contributed by atoms with van der Waals surface area (Å²) in [6.07, 6.45) is 6.99. The summed E-state index contributed by atoms with van der Waals surface area (Å²) in [7, 11) is 0. The number of carbonyl (C=O) groups excluding carboxylic acids is 1. The van der Waals surface area contributed by atoms with Crippen molar-refractivity contribution in [3.05, 3.63) is 29.6 Å². The Morgan fingerprint density at radius 2 is 2.10 bits per heavy atom. The zero-order valence-corrected chi connectivity index (χ0v) is 12.0. The molecule has 1 aromatic carbocycles. The highest BCUT2D eigenvalue weighted by Gasteiger charge is 2.43. The van der Waals surface area contributed by atoms with Crippen LogP contribution in [0.1, 0.15) is 62.2 Å². The van der Waals surface area contributed by atoms with Crippen molar-refractivity contribution in [2.45, 2.75) is 57.5 Å². The monoisotopic (exact) mass is 276 g/mol. The van der Waals surface area contributed by atoms with Crippen LogP contribution in [-0.4, -0.2) is 11.4 Å². The summed E-state index contributed by atoms with van der Waals surface area (Å²) < 4.78 is 19.4. The van der Waals surface area contributed by atoms with E-state index in [0.29, 0.717) is 17.7 Å². The Morgan fingerprint density at radius 1 is 1.35 bits per heavy atom. The van der Waals surface area contributed by atoms with Crippen molar-refractivity contribution in [3.63, 3.8) is 0 Å². The summed E-state index contributed by atoms with van der Waals surface area (Å²) in [5.41, 5.74) is 0.162. The highest BCUT2D eigenvalue weighted by molar-refractivity contribution is 6.00. The van der Waals surface area contributed by atoms with E-state index < -0.39 is 0 Å². The molecule has 0 bridgehead atoms. The van der Waals surface area contributed by atoms with E-state index in [1.54, 1.807) is 6.07 Å². The number of ketones is 1. The molecular weight excluding hydrogens is 255 g/mol. The van der Waals surface area contributed by atoms with Gasteiger partial charge in [0, 0.05) is 6.07 Å². The minimum Gasteiger partial charge on any atom is -0.486 e. The molecule has 1 aromatic rings. The molecule has 0 amide bonds. The van der Waals surface area contributed by atoms with Crippen LogP contribution < -0.4 is 4.74 Å². The average molecular weight is 276 g/mol. The fourth-order valence-electron chi connectivity index (χ4n) is 3.65. The van der Waals surface area contributed by atoms with Crippen molar-refractivity contribution >= 4 is 5.78 Å². The van der Waals surface area contributed by atoms with Crippen molar-refractivity contribution in [2.75, 3.05) is 0 Å². The van der Waals surface area contributed by atoms with Crippen molar-refractivity contribution < 1.29 is 13.9 Å². The number of carbonyl (C=O) groups is 1. The third-order valence-electron chi connectivity index (χ3n) is 4.77. The Morgan fingerprint density at radius 3 is 2.80 bits per heavy atom. The lowest BCUT2D eigenvalue weighted by Gasteiger charge is -2.42. The van der Waals surface area contributed by atoms with Gasteiger partial charge in [-0.2, -0.15) is 0 Å². The molecule has 20 heavy (non-hydrogen) atoms. The molecule has 108 valence electrons. The molecular formula is C17H21FO2. The lowest BCUT2D eigenvalue weighted by Crippen LogP contribution is -2.45. The molecule has 3 heteroatoms. The van der Waals surface area contributed by atoms with Crippen LogP contribution in [-0.2, 0) is 0 Å². The minimum absolute atomic E-state index is 0.0974. The Hall–Kier alpha value is -1.38. The number of fused-ring (bicyclic) bond motifs is 1. The molecule has 0 atom stereocenters. The number of benzene rings is 1. The molecule has 1 aliphatic carbocycles. The first kappa shape index (κ1) is 13.6. The van der Waals surface area contributed by atoms with Gasteiger partial charge < -0.3 is 4.74 Å². The van der Waals surface area contributed by atoms with Crippen LogP contribution in [0.3, 0.4) is 0 Å². The predicted molar refractivity (Wildman–Crippen MR) is 75.6 cm³/mol. The number of rotatable bonds is 2. The van der Waals surface area contributed by atoms with Gasteiger partial charge in [0.2, 0.25) is 0 Å². The highest BCUT2D eigenvalue weighted by Crippen LogP contribution is 2.44. The first-order valence-electron chi connectivity index (χ1n) is 7.64. The first-order valence-corrected chi connectivity index (χ1v) is 7.64. The number of halogens is 1. The third kappa shape index (κ3) is 2.46. The van der Waals surface area contributed by atoms with Crippen LogP contribution in [0.5, 0.6) is 5.75 Å². The second kappa shape index (κ2) is 5.19. The maximum Gasteiger partial charge on any atom is 0.170 e. The number of hydrogen-bond acceptors (Lipinski definition) is 2. The van der Waals surface area contributed by atoms with Gasteiger partial charge in [-0.15, -0.1) is 0 Å². The van der Waals surface area contributed by atoms with E-state index in [1.165, 1.54) is 25.0 Å². The fraction of sp³-hybridized carbons (Fsp3) is 0.588. The molecule has 0 unspecified atom stereocenters. The molecule has 2 nitrogen and oxygen atoms in total. The molecule has 0 radical (unpaired) electrons. The summed E-state index contributed by atoms with van der Waals surface area (Å²) >= 11 is 0. The summed E-state index contributed by atoms with van der Waals surface area (Å²) in [6, 6.07) is 4.23. The normalized spacial score (nSPS) is 29.1. The largest absolute Gasteiger partial charge is 0.486 e. The van der Waals surface area contributed by atoms with E-state index in [9.17, 15) is 9.18 Å². The van der Waals surface area contributed by atoms with Gasteiger partial charge >= 0.3 is 0 Å². The van der Waals surface area contributed by atoms with E-state index in [1.807, 2.05) is 0 Å². The predicted octanol–water partition coefficient (Wildman–Crippen LogP) is 4.52. The minimum atomic E-state index is -0.373. The van der Waals surface area contributed by atoms with Gasteiger partial charge in [-0.1, -0.05) is 19.8 Å². The van der Waals surface area contributed by atoms with E-state index in [4.69, 9.17) is 4.74 Å². The standard InChI is InChI=1S/C17H21FO2/c1-2-3-12-6-8-17(9-7-12)11-15(19)14-5-4-13(18)10-16(14)20-17/h4-5,10,12H,2-3,6-9,11H2,1H3. The van der Waals surface area contributed by atoms with Crippen molar-refractivity contribution in [1.29, 1.82) is 0 Å². The molecule has 0 N–H and O–H groups in total. The van der Waals surface area contributed by atoms with Gasteiger partial charge in [-0.05, 0) is 43.7 Å². The zero-order valence-electron chi connectivity index (χ0n) is 12.0. The van der Waals surface area contributed by atoms with E-state index in [-0.39, 0.29) is 17.2 Å². The second-order valence-corrected chi connectivity index (χ2v) is 6.26. The lowest BCUT2D eigenvalue weighted by atomic mass is 9.73. The van der Waals surface area contributed by atoms with Crippen molar-refractivity contribution in [3.8, 4) is 5.75 Å². The molecule has 2 aliphatic rings. The Balaban J connectivity index is 1.79. The second-order valence-electron chi connectivity index (χ2n) is 6.26. The third-order valence-corrected chi connectivity index (χ3v) is 4.77. The van der Waals surface area contributed by atoms with Gasteiger partial charge in [0.15, 0.2) is 5.78 Å². The summed E-state index contributed by atoms with van der Waals surface area (Å²) in [4.78, 5) is 12.3.